The average Bonchev–Trinajstić information content (AvgIpc) is 2.26. The minimum absolute atomic E-state index is 0.495. The summed E-state index contributed by atoms with van der Waals surface area (Å²) in [7, 11) is 3.62. The molecule has 0 saturated carbocycles. The summed E-state index contributed by atoms with van der Waals surface area (Å²) >= 11 is 0. The van der Waals surface area contributed by atoms with Crippen LogP contribution < -0.4 is 10.1 Å². The van der Waals surface area contributed by atoms with E-state index in [9.17, 15) is 0 Å². The number of hydrogen-bond acceptors (Lipinski definition) is 3. The number of hydrogen-bond donors (Lipinski definition) is 1. The van der Waals surface area contributed by atoms with E-state index in [2.05, 4.69) is 17.2 Å². The molecule has 1 atom stereocenters. The van der Waals surface area contributed by atoms with Crippen LogP contribution in [0.3, 0.4) is 0 Å². The summed E-state index contributed by atoms with van der Waals surface area (Å²) in [5, 5.41) is 3.26. The first-order valence-electron chi connectivity index (χ1n) is 4.97. The van der Waals surface area contributed by atoms with Crippen LogP contribution in [0.25, 0.3) is 0 Å². The molecule has 1 unspecified atom stereocenters. The van der Waals surface area contributed by atoms with Crippen LogP contribution in [-0.2, 0) is 6.42 Å². The molecule has 0 amide bonds. The summed E-state index contributed by atoms with van der Waals surface area (Å²) in [6.45, 7) is 2.17. The highest BCUT2D eigenvalue weighted by Gasteiger charge is 2.05. The molecule has 1 N–H and O–H groups in total. The average molecular weight is 194 g/mol. The maximum Gasteiger partial charge on any atom is 0.213 e. The molecule has 1 aromatic heterocycles. The van der Waals surface area contributed by atoms with E-state index in [-0.39, 0.29) is 0 Å². The van der Waals surface area contributed by atoms with E-state index in [0.717, 1.165) is 18.5 Å². The Morgan fingerprint density at radius 2 is 2.29 bits per heavy atom. The van der Waals surface area contributed by atoms with Gasteiger partial charge in [-0.3, -0.25) is 0 Å². The van der Waals surface area contributed by atoms with Crippen molar-refractivity contribution < 1.29 is 4.74 Å². The predicted octanol–water partition coefficient (Wildman–Crippen LogP) is 1.63. The Labute approximate surface area is 85.5 Å². The highest BCUT2D eigenvalue weighted by atomic mass is 16.5. The first-order valence-corrected chi connectivity index (χ1v) is 4.97. The molecule has 0 spiro atoms. The second kappa shape index (κ2) is 5.60. The monoisotopic (exact) mass is 194 g/mol. The van der Waals surface area contributed by atoms with Crippen molar-refractivity contribution >= 4 is 0 Å². The minimum Gasteiger partial charge on any atom is -0.481 e. The quantitative estimate of drug-likeness (QED) is 0.773. The van der Waals surface area contributed by atoms with Crippen molar-refractivity contribution in [2.75, 3.05) is 14.2 Å². The van der Waals surface area contributed by atoms with E-state index < -0.39 is 0 Å². The van der Waals surface area contributed by atoms with E-state index in [1.54, 1.807) is 7.11 Å². The zero-order chi connectivity index (χ0) is 10.4. The molecule has 0 fully saturated rings. The number of nitrogens with one attached hydrogen (secondary N) is 1. The number of rotatable bonds is 5. The molecule has 1 heterocycles. The van der Waals surface area contributed by atoms with Crippen molar-refractivity contribution in [3.05, 3.63) is 23.9 Å². The molecule has 0 aliphatic heterocycles. The minimum atomic E-state index is 0.495. The van der Waals surface area contributed by atoms with Gasteiger partial charge >= 0.3 is 0 Å². The van der Waals surface area contributed by atoms with Gasteiger partial charge in [0.1, 0.15) is 0 Å². The molecule has 0 aliphatic carbocycles. The van der Waals surface area contributed by atoms with Crippen LogP contribution in [0, 0.1) is 0 Å². The summed E-state index contributed by atoms with van der Waals surface area (Å²) in [6, 6.07) is 6.37. The normalized spacial score (nSPS) is 12.5. The van der Waals surface area contributed by atoms with Gasteiger partial charge in [-0.25, -0.2) is 4.98 Å². The van der Waals surface area contributed by atoms with E-state index in [4.69, 9.17) is 4.74 Å². The Morgan fingerprint density at radius 1 is 1.50 bits per heavy atom. The highest BCUT2D eigenvalue weighted by molar-refractivity contribution is 5.16. The third-order valence-electron chi connectivity index (χ3n) is 2.35. The molecule has 1 aromatic rings. The van der Waals surface area contributed by atoms with Crippen molar-refractivity contribution in [3.63, 3.8) is 0 Å². The smallest absolute Gasteiger partial charge is 0.213 e. The van der Waals surface area contributed by atoms with E-state index in [1.807, 2.05) is 25.2 Å². The fourth-order valence-corrected chi connectivity index (χ4v) is 1.39. The van der Waals surface area contributed by atoms with Crippen molar-refractivity contribution in [1.29, 1.82) is 0 Å². The zero-order valence-electron chi connectivity index (χ0n) is 9.08. The number of methoxy groups -OCH3 is 1. The van der Waals surface area contributed by atoms with Crippen molar-refractivity contribution in [3.8, 4) is 5.88 Å². The lowest BCUT2D eigenvalue weighted by atomic mass is 10.1. The standard InChI is InChI=1S/C11H18N2O/c1-4-9(12-2)8-10-6-5-7-11(13-10)14-3/h5-7,9,12H,4,8H2,1-3H3. The molecule has 3 heteroatoms. The van der Waals surface area contributed by atoms with Crippen LogP contribution in [0.4, 0.5) is 0 Å². The lowest BCUT2D eigenvalue weighted by molar-refractivity contribution is 0.395. The summed E-state index contributed by atoms with van der Waals surface area (Å²) in [6.07, 6.45) is 2.06. The largest absolute Gasteiger partial charge is 0.481 e. The number of aromatic nitrogens is 1. The predicted molar refractivity (Wildman–Crippen MR) is 57.6 cm³/mol. The lowest BCUT2D eigenvalue weighted by Gasteiger charge is -2.13. The molecule has 0 saturated heterocycles. The van der Waals surface area contributed by atoms with E-state index in [0.29, 0.717) is 11.9 Å². The van der Waals surface area contributed by atoms with Crippen molar-refractivity contribution in [2.24, 2.45) is 0 Å². The van der Waals surface area contributed by atoms with Crippen LogP contribution in [0.2, 0.25) is 0 Å². The maximum absolute atomic E-state index is 5.07. The summed E-state index contributed by atoms with van der Waals surface area (Å²) < 4.78 is 5.07. The molecule has 0 bridgehead atoms. The van der Waals surface area contributed by atoms with Crippen molar-refractivity contribution in [1.82, 2.24) is 10.3 Å². The molecule has 0 radical (unpaired) electrons. The first kappa shape index (κ1) is 11.0. The number of nitrogens with zero attached hydrogens (tertiary/aromatic N) is 1. The SMILES string of the molecule is CCC(Cc1cccc(OC)n1)NC. The molecule has 0 aromatic carbocycles. The lowest BCUT2D eigenvalue weighted by Crippen LogP contribution is -2.26. The Hall–Kier alpha value is -1.09. The molecular formula is C11H18N2O. The van der Waals surface area contributed by atoms with Crippen molar-refractivity contribution in [2.45, 2.75) is 25.8 Å². The number of likely N-dealkylation sites (N-methyl/N-ethyl adjacent to an activating group) is 1. The van der Waals surface area contributed by atoms with Crippen LogP contribution in [0.5, 0.6) is 5.88 Å². The fraction of sp³-hybridized carbons (Fsp3) is 0.545. The molecular weight excluding hydrogens is 176 g/mol. The highest BCUT2D eigenvalue weighted by Crippen LogP contribution is 2.09. The molecule has 14 heavy (non-hydrogen) atoms. The van der Waals surface area contributed by atoms with E-state index >= 15 is 0 Å². The Balaban J connectivity index is 2.65. The van der Waals surface area contributed by atoms with Crippen LogP contribution in [0.15, 0.2) is 18.2 Å². The topological polar surface area (TPSA) is 34.1 Å². The summed E-state index contributed by atoms with van der Waals surface area (Å²) in [5.41, 5.74) is 1.07. The third kappa shape index (κ3) is 3.00. The van der Waals surface area contributed by atoms with Gasteiger partial charge in [-0.2, -0.15) is 0 Å². The maximum atomic E-state index is 5.07. The molecule has 78 valence electrons. The van der Waals surface area contributed by atoms with Gasteiger partial charge in [-0.1, -0.05) is 13.0 Å². The zero-order valence-corrected chi connectivity index (χ0v) is 9.08. The number of pyridine rings is 1. The van der Waals surface area contributed by atoms with Gasteiger partial charge in [0.05, 0.1) is 7.11 Å². The van der Waals surface area contributed by atoms with Gasteiger partial charge in [0.25, 0.3) is 0 Å². The molecule has 1 rings (SSSR count). The molecule has 0 aliphatic rings. The third-order valence-corrected chi connectivity index (χ3v) is 2.35. The Kier molecular flexibility index (Phi) is 4.40. The van der Waals surface area contributed by atoms with E-state index in [1.165, 1.54) is 0 Å². The van der Waals surface area contributed by atoms with Gasteiger partial charge in [0, 0.05) is 24.2 Å². The first-order chi connectivity index (χ1) is 6.80. The summed E-state index contributed by atoms with van der Waals surface area (Å²) in [4.78, 5) is 4.36. The number of ether oxygens (including phenoxy) is 1. The fourth-order valence-electron chi connectivity index (χ4n) is 1.39. The van der Waals surface area contributed by atoms with Gasteiger partial charge in [0.2, 0.25) is 5.88 Å². The molecule has 3 nitrogen and oxygen atoms in total. The van der Waals surface area contributed by atoms with Crippen LogP contribution in [-0.4, -0.2) is 25.2 Å². The second-order valence-electron chi connectivity index (χ2n) is 3.27. The van der Waals surface area contributed by atoms with Crippen LogP contribution >= 0.6 is 0 Å². The Morgan fingerprint density at radius 3 is 2.86 bits per heavy atom. The van der Waals surface area contributed by atoms with Gasteiger partial charge in [0.15, 0.2) is 0 Å². The van der Waals surface area contributed by atoms with Gasteiger partial charge < -0.3 is 10.1 Å². The summed E-state index contributed by atoms with van der Waals surface area (Å²) in [5.74, 6) is 0.688. The second-order valence-corrected chi connectivity index (χ2v) is 3.27. The van der Waals surface area contributed by atoms with Gasteiger partial charge in [-0.05, 0) is 19.5 Å². The van der Waals surface area contributed by atoms with Crippen LogP contribution in [0.1, 0.15) is 19.0 Å². The Bertz CT molecular complexity index is 272. The van der Waals surface area contributed by atoms with Gasteiger partial charge in [-0.15, -0.1) is 0 Å².